The topological polar surface area (TPSA) is 18.5 Å². The average molecular weight is 324 g/mol. The number of ether oxygens (including phenoxy) is 2. The van der Waals surface area contributed by atoms with Gasteiger partial charge in [-0.1, -0.05) is 19.4 Å². The van der Waals surface area contributed by atoms with E-state index in [0.717, 1.165) is 44.3 Å². The largest absolute Gasteiger partial charge is 0.352 e. The fraction of sp³-hybridized carbons (Fsp3) is 0.900. The third kappa shape index (κ3) is 5.03. The predicted octanol–water partition coefficient (Wildman–Crippen LogP) is 5.63. The molecule has 3 heteroatoms. The second kappa shape index (κ2) is 8.62. The highest BCUT2D eigenvalue weighted by Gasteiger charge is 2.32. The molecule has 0 aromatic heterocycles. The van der Waals surface area contributed by atoms with Crippen LogP contribution in [0.25, 0.3) is 0 Å². The molecule has 2 nitrogen and oxygen atoms in total. The molecule has 23 heavy (non-hydrogen) atoms. The van der Waals surface area contributed by atoms with Crippen LogP contribution in [0.3, 0.4) is 0 Å². The van der Waals surface area contributed by atoms with Crippen LogP contribution in [0, 0.1) is 23.7 Å². The average Bonchev–Trinajstić information content (AvgIpc) is 2.62. The summed E-state index contributed by atoms with van der Waals surface area (Å²) in [7, 11) is 0. The molecule has 0 bridgehead atoms. The van der Waals surface area contributed by atoms with E-state index in [1.54, 1.807) is 0 Å². The molecule has 1 heterocycles. The normalized spacial score (nSPS) is 39.0. The lowest BCUT2D eigenvalue weighted by Gasteiger charge is -2.37. The zero-order valence-corrected chi connectivity index (χ0v) is 14.6. The predicted molar refractivity (Wildman–Crippen MR) is 90.7 cm³/mol. The molecule has 1 unspecified atom stereocenters. The highest BCUT2D eigenvalue weighted by molar-refractivity contribution is 4.97. The zero-order chi connectivity index (χ0) is 16.1. The van der Waals surface area contributed by atoms with Crippen molar-refractivity contribution < 1.29 is 13.9 Å². The first-order valence-electron chi connectivity index (χ1n) is 9.82. The summed E-state index contributed by atoms with van der Waals surface area (Å²) in [5.74, 6) is 2.91. The first-order valence-corrected chi connectivity index (χ1v) is 9.82. The van der Waals surface area contributed by atoms with Crippen molar-refractivity contribution in [1.82, 2.24) is 0 Å². The highest BCUT2D eigenvalue weighted by Crippen LogP contribution is 2.37. The second-order valence-electron chi connectivity index (χ2n) is 7.96. The molecule has 0 N–H and O–H groups in total. The summed E-state index contributed by atoms with van der Waals surface area (Å²) in [5, 5.41) is 0. The fourth-order valence-corrected chi connectivity index (χ4v) is 4.41. The third-order valence-electron chi connectivity index (χ3n) is 6.29. The summed E-state index contributed by atoms with van der Waals surface area (Å²) in [5.41, 5.74) is 0. The fourth-order valence-electron chi connectivity index (χ4n) is 4.41. The van der Waals surface area contributed by atoms with Gasteiger partial charge in [0.05, 0.1) is 19.0 Å². The molecule has 1 aliphatic heterocycles. The molecule has 0 aromatic carbocycles. The molecule has 1 atom stereocenters. The van der Waals surface area contributed by atoms with Crippen LogP contribution >= 0.6 is 0 Å². The molecule has 0 aromatic rings. The Labute approximate surface area is 140 Å². The smallest absolute Gasteiger partial charge is 0.160 e. The van der Waals surface area contributed by atoms with Crippen LogP contribution in [0.15, 0.2) is 11.9 Å². The van der Waals surface area contributed by atoms with Crippen molar-refractivity contribution in [2.24, 2.45) is 23.7 Å². The molecule has 3 rings (SSSR count). The Morgan fingerprint density at radius 2 is 1.65 bits per heavy atom. The first kappa shape index (κ1) is 17.4. The van der Waals surface area contributed by atoms with Crippen LogP contribution in [0.4, 0.5) is 4.39 Å². The summed E-state index contributed by atoms with van der Waals surface area (Å²) in [4.78, 5) is 0. The Bertz CT molecular complexity index is 379. The van der Waals surface area contributed by atoms with Crippen LogP contribution in [0.1, 0.15) is 71.1 Å². The molecular formula is C20H33FO2. The maximum atomic E-state index is 13.1. The van der Waals surface area contributed by atoms with Crippen LogP contribution in [-0.2, 0) is 9.47 Å². The Balaban J connectivity index is 1.33. The van der Waals surface area contributed by atoms with Gasteiger partial charge in [-0.3, -0.25) is 0 Å². The van der Waals surface area contributed by atoms with Crippen LogP contribution in [0.2, 0.25) is 0 Å². The van der Waals surface area contributed by atoms with E-state index < -0.39 is 0 Å². The van der Waals surface area contributed by atoms with Crippen LogP contribution < -0.4 is 0 Å². The summed E-state index contributed by atoms with van der Waals surface area (Å²) >= 11 is 0. The number of rotatable bonds is 5. The minimum Gasteiger partial charge on any atom is -0.352 e. The van der Waals surface area contributed by atoms with E-state index in [0.29, 0.717) is 18.3 Å². The quantitative estimate of drug-likeness (QED) is 0.653. The van der Waals surface area contributed by atoms with Crippen molar-refractivity contribution in [1.29, 1.82) is 0 Å². The van der Waals surface area contributed by atoms with E-state index in [1.807, 2.05) is 6.08 Å². The second-order valence-corrected chi connectivity index (χ2v) is 7.96. The Kier molecular flexibility index (Phi) is 6.52. The van der Waals surface area contributed by atoms with E-state index in [2.05, 4.69) is 6.92 Å². The Morgan fingerprint density at radius 1 is 0.957 bits per heavy atom. The standard InChI is InChI=1S/C20H33FO2/c1-2-15-13-22-20(23-14-15)18-9-5-16(6-10-18)3-4-17-7-11-19(21)12-8-17/h11,15-18,20H,2-10,12-14H2,1H3/t15-,16?,17?,18?,20-. The van der Waals surface area contributed by atoms with Gasteiger partial charge in [0.2, 0.25) is 0 Å². The Hall–Kier alpha value is -0.410. The molecule has 1 saturated carbocycles. The van der Waals surface area contributed by atoms with Gasteiger partial charge in [0.25, 0.3) is 0 Å². The number of allylic oxidation sites excluding steroid dienone is 2. The van der Waals surface area contributed by atoms with E-state index in [4.69, 9.17) is 9.47 Å². The minimum atomic E-state index is 0.0604. The molecule has 0 amide bonds. The lowest BCUT2D eigenvalue weighted by molar-refractivity contribution is -0.229. The van der Waals surface area contributed by atoms with Gasteiger partial charge < -0.3 is 9.47 Å². The highest BCUT2D eigenvalue weighted by atomic mass is 19.1. The first-order chi connectivity index (χ1) is 11.2. The lowest BCUT2D eigenvalue weighted by atomic mass is 9.77. The molecule has 0 radical (unpaired) electrons. The van der Waals surface area contributed by atoms with E-state index in [-0.39, 0.29) is 12.1 Å². The van der Waals surface area contributed by atoms with E-state index in [9.17, 15) is 4.39 Å². The number of hydrogen-bond donors (Lipinski definition) is 0. The van der Waals surface area contributed by atoms with Crippen LogP contribution in [-0.4, -0.2) is 19.5 Å². The summed E-state index contributed by atoms with van der Waals surface area (Å²) in [6, 6.07) is 0. The summed E-state index contributed by atoms with van der Waals surface area (Å²) in [6.45, 7) is 3.97. The van der Waals surface area contributed by atoms with Crippen molar-refractivity contribution in [2.45, 2.75) is 77.4 Å². The monoisotopic (exact) mass is 324 g/mol. The molecule has 132 valence electrons. The van der Waals surface area contributed by atoms with E-state index >= 15 is 0 Å². The molecule has 2 aliphatic carbocycles. The Morgan fingerprint density at radius 3 is 2.26 bits per heavy atom. The van der Waals surface area contributed by atoms with Crippen molar-refractivity contribution in [3.05, 3.63) is 11.9 Å². The summed E-state index contributed by atoms with van der Waals surface area (Å²) < 4.78 is 25.0. The molecule has 0 spiro atoms. The molecule has 1 saturated heterocycles. The lowest BCUT2D eigenvalue weighted by Crippen LogP contribution is -2.38. The number of halogens is 1. The van der Waals surface area contributed by atoms with Gasteiger partial charge in [-0.05, 0) is 69.6 Å². The van der Waals surface area contributed by atoms with Gasteiger partial charge >= 0.3 is 0 Å². The van der Waals surface area contributed by atoms with Gasteiger partial charge in [-0.2, -0.15) is 0 Å². The van der Waals surface area contributed by atoms with Gasteiger partial charge in [-0.25, -0.2) is 4.39 Å². The third-order valence-corrected chi connectivity index (χ3v) is 6.29. The van der Waals surface area contributed by atoms with Crippen molar-refractivity contribution in [3.8, 4) is 0 Å². The van der Waals surface area contributed by atoms with Crippen molar-refractivity contribution in [2.75, 3.05) is 13.2 Å². The van der Waals surface area contributed by atoms with Crippen LogP contribution in [0.5, 0.6) is 0 Å². The van der Waals surface area contributed by atoms with E-state index in [1.165, 1.54) is 38.5 Å². The van der Waals surface area contributed by atoms with Crippen molar-refractivity contribution in [3.63, 3.8) is 0 Å². The van der Waals surface area contributed by atoms with Crippen molar-refractivity contribution >= 4 is 0 Å². The maximum absolute atomic E-state index is 13.1. The van der Waals surface area contributed by atoms with Gasteiger partial charge in [0.15, 0.2) is 6.29 Å². The molecular weight excluding hydrogens is 291 g/mol. The molecule has 3 aliphatic rings. The maximum Gasteiger partial charge on any atom is 0.160 e. The number of hydrogen-bond acceptors (Lipinski definition) is 2. The molecule has 2 fully saturated rings. The SMILES string of the molecule is CC[C@H]1CO[C@H](C2CCC(CCC3CC=C(F)CC3)CC2)OC1. The van der Waals surface area contributed by atoms with Gasteiger partial charge in [-0.15, -0.1) is 0 Å². The van der Waals surface area contributed by atoms with Gasteiger partial charge in [0, 0.05) is 11.8 Å². The minimum absolute atomic E-state index is 0.0604. The zero-order valence-electron chi connectivity index (χ0n) is 14.6. The van der Waals surface area contributed by atoms with Gasteiger partial charge in [0.1, 0.15) is 0 Å². The summed E-state index contributed by atoms with van der Waals surface area (Å²) in [6.07, 6.45) is 13.5.